The SMILES string of the molecule is Cc1ccc(C)c(N[C@@H]2SC(=O)N(c3ccccc3C)C2=O)c1. The summed E-state index contributed by atoms with van der Waals surface area (Å²) in [7, 11) is 0. The summed E-state index contributed by atoms with van der Waals surface area (Å²) in [5, 5.41) is 2.36. The van der Waals surface area contributed by atoms with Crippen LogP contribution in [0.3, 0.4) is 0 Å². The zero-order valence-electron chi connectivity index (χ0n) is 13.3. The van der Waals surface area contributed by atoms with Crippen LogP contribution in [-0.4, -0.2) is 16.5 Å². The van der Waals surface area contributed by atoms with E-state index >= 15 is 0 Å². The molecule has 2 aromatic rings. The van der Waals surface area contributed by atoms with Crippen molar-refractivity contribution in [3.8, 4) is 0 Å². The number of hydrogen-bond acceptors (Lipinski definition) is 4. The van der Waals surface area contributed by atoms with E-state index in [9.17, 15) is 9.59 Å². The van der Waals surface area contributed by atoms with Gasteiger partial charge in [0.05, 0.1) is 5.69 Å². The Bertz CT molecular complexity index is 788. The third-order valence-electron chi connectivity index (χ3n) is 3.88. The molecule has 3 rings (SSSR count). The van der Waals surface area contributed by atoms with Gasteiger partial charge in [0, 0.05) is 5.69 Å². The van der Waals surface area contributed by atoms with Gasteiger partial charge in [-0.15, -0.1) is 0 Å². The topological polar surface area (TPSA) is 49.4 Å². The van der Waals surface area contributed by atoms with Crippen molar-refractivity contribution in [2.75, 3.05) is 10.2 Å². The predicted molar refractivity (Wildman–Crippen MR) is 95.0 cm³/mol. The number of nitrogens with one attached hydrogen (secondary N) is 1. The zero-order valence-corrected chi connectivity index (χ0v) is 14.1. The van der Waals surface area contributed by atoms with E-state index in [0.717, 1.165) is 34.1 Å². The highest BCUT2D eigenvalue weighted by Gasteiger charge is 2.41. The average Bonchev–Trinajstić information content (AvgIpc) is 2.78. The average molecular weight is 326 g/mol. The second-order valence-corrected chi connectivity index (χ2v) is 6.74. The second-order valence-electron chi connectivity index (χ2n) is 5.69. The van der Waals surface area contributed by atoms with Crippen molar-refractivity contribution in [2.24, 2.45) is 0 Å². The molecule has 1 N–H and O–H groups in total. The molecule has 0 saturated carbocycles. The maximum absolute atomic E-state index is 12.7. The van der Waals surface area contributed by atoms with E-state index in [1.807, 2.05) is 57.2 Å². The molecule has 1 atom stereocenters. The van der Waals surface area contributed by atoms with E-state index in [2.05, 4.69) is 5.32 Å². The van der Waals surface area contributed by atoms with Gasteiger partial charge in [0.15, 0.2) is 5.37 Å². The summed E-state index contributed by atoms with van der Waals surface area (Å²) in [6.07, 6.45) is 0. The minimum atomic E-state index is -0.595. The molecule has 4 nitrogen and oxygen atoms in total. The van der Waals surface area contributed by atoms with Crippen molar-refractivity contribution in [1.82, 2.24) is 0 Å². The van der Waals surface area contributed by atoms with Crippen LogP contribution in [0.2, 0.25) is 0 Å². The number of rotatable bonds is 3. The Morgan fingerprint density at radius 2 is 1.74 bits per heavy atom. The molecule has 23 heavy (non-hydrogen) atoms. The van der Waals surface area contributed by atoms with Crippen molar-refractivity contribution < 1.29 is 9.59 Å². The molecule has 0 aliphatic carbocycles. The van der Waals surface area contributed by atoms with Crippen LogP contribution in [0.5, 0.6) is 0 Å². The number of benzene rings is 2. The number of thioether (sulfide) groups is 1. The normalized spacial score (nSPS) is 17.7. The molecule has 1 fully saturated rings. The molecule has 1 heterocycles. The molecule has 1 aliphatic heterocycles. The van der Waals surface area contributed by atoms with Crippen LogP contribution in [0.25, 0.3) is 0 Å². The first-order chi connectivity index (χ1) is 11.0. The molecule has 2 amide bonds. The standard InChI is InChI=1S/C18H18N2O2S/c1-11-8-9-12(2)14(10-11)19-16-17(21)20(18(22)23-16)15-7-5-4-6-13(15)3/h4-10,16,19H,1-3H3/t16-/m1/s1. The maximum Gasteiger partial charge on any atom is 0.295 e. The molecule has 0 spiro atoms. The van der Waals surface area contributed by atoms with Gasteiger partial charge in [-0.1, -0.05) is 30.3 Å². The summed E-state index contributed by atoms with van der Waals surface area (Å²) in [4.78, 5) is 26.3. The van der Waals surface area contributed by atoms with Crippen LogP contribution in [0.15, 0.2) is 42.5 Å². The highest BCUT2D eigenvalue weighted by molar-refractivity contribution is 8.16. The third kappa shape index (κ3) is 2.97. The monoisotopic (exact) mass is 326 g/mol. The fourth-order valence-electron chi connectivity index (χ4n) is 2.57. The van der Waals surface area contributed by atoms with Crippen molar-refractivity contribution in [3.63, 3.8) is 0 Å². The molecule has 118 valence electrons. The molecule has 0 radical (unpaired) electrons. The van der Waals surface area contributed by atoms with E-state index < -0.39 is 5.37 Å². The summed E-state index contributed by atoms with van der Waals surface area (Å²) in [6, 6.07) is 13.4. The van der Waals surface area contributed by atoms with E-state index in [0.29, 0.717) is 5.69 Å². The van der Waals surface area contributed by atoms with Gasteiger partial charge in [-0.3, -0.25) is 9.59 Å². The lowest BCUT2D eigenvalue weighted by Gasteiger charge is -2.17. The van der Waals surface area contributed by atoms with Gasteiger partial charge in [-0.05, 0) is 61.4 Å². The first kappa shape index (κ1) is 15.6. The molecule has 0 unspecified atom stereocenters. The Hall–Kier alpha value is -2.27. The second kappa shape index (κ2) is 6.08. The summed E-state index contributed by atoms with van der Waals surface area (Å²) in [5.41, 5.74) is 4.60. The predicted octanol–water partition coefficient (Wildman–Crippen LogP) is 4.25. The molecular weight excluding hydrogens is 308 g/mol. The Morgan fingerprint density at radius 1 is 1.00 bits per heavy atom. The minimum absolute atomic E-state index is 0.227. The quantitative estimate of drug-likeness (QED) is 0.916. The molecular formula is C18H18N2O2S. The fraction of sp³-hybridized carbons (Fsp3) is 0.222. The van der Waals surface area contributed by atoms with Crippen molar-refractivity contribution in [2.45, 2.75) is 26.1 Å². The van der Waals surface area contributed by atoms with Crippen LogP contribution in [-0.2, 0) is 4.79 Å². The van der Waals surface area contributed by atoms with E-state index in [1.165, 1.54) is 4.90 Å². The largest absolute Gasteiger partial charge is 0.365 e. The number of imide groups is 1. The molecule has 0 aromatic heterocycles. The highest BCUT2D eigenvalue weighted by Crippen LogP contribution is 2.34. The lowest BCUT2D eigenvalue weighted by atomic mass is 10.1. The van der Waals surface area contributed by atoms with Gasteiger partial charge in [-0.2, -0.15) is 0 Å². The van der Waals surface area contributed by atoms with Gasteiger partial charge in [0.25, 0.3) is 11.1 Å². The van der Waals surface area contributed by atoms with Crippen LogP contribution < -0.4 is 10.2 Å². The number of hydrogen-bond donors (Lipinski definition) is 1. The molecule has 1 aliphatic rings. The van der Waals surface area contributed by atoms with Crippen molar-refractivity contribution in [1.29, 1.82) is 0 Å². The van der Waals surface area contributed by atoms with Gasteiger partial charge in [-0.25, -0.2) is 4.90 Å². The number of nitrogens with zero attached hydrogens (tertiary/aromatic N) is 1. The lowest BCUT2D eigenvalue weighted by Crippen LogP contribution is -2.34. The van der Waals surface area contributed by atoms with E-state index in [4.69, 9.17) is 0 Å². The third-order valence-corrected chi connectivity index (χ3v) is 4.82. The summed E-state index contributed by atoms with van der Waals surface area (Å²) >= 11 is 1.02. The van der Waals surface area contributed by atoms with E-state index in [-0.39, 0.29) is 11.1 Å². The number of anilines is 2. The first-order valence-corrected chi connectivity index (χ1v) is 8.29. The van der Waals surface area contributed by atoms with Gasteiger partial charge in [0.2, 0.25) is 0 Å². The highest BCUT2D eigenvalue weighted by atomic mass is 32.2. The molecule has 5 heteroatoms. The number of carbonyl (C=O) groups is 2. The Morgan fingerprint density at radius 3 is 2.48 bits per heavy atom. The van der Waals surface area contributed by atoms with Gasteiger partial charge >= 0.3 is 0 Å². The summed E-state index contributed by atoms with van der Waals surface area (Å²) in [6.45, 7) is 5.87. The number of para-hydroxylation sites is 1. The van der Waals surface area contributed by atoms with Gasteiger partial charge in [0.1, 0.15) is 0 Å². The van der Waals surface area contributed by atoms with Crippen LogP contribution in [0, 0.1) is 20.8 Å². The lowest BCUT2D eigenvalue weighted by molar-refractivity contribution is -0.116. The van der Waals surface area contributed by atoms with Crippen LogP contribution in [0.1, 0.15) is 16.7 Å². The molecule has 1 saturated heterocycles. The fourth-order valence-corrected chi connectivity index (χ4v) is 3.45. The van der Waals surface area contributed by atoms with Crippen molar-refractivity contribution >= 4 is 34.3 Å². The van der Waals surface area contributed by atoms with Crippen LogP contribution in [0.4, 0.5) is 16.2 Å². The van der Waals surface area contributed by atoms with Gasteiger partial charge < -0.3 is 5.32 Å². The Balaban J connectivity index is 1.87. The zero-order chi connectivity index (χ0) is 16.6. The summed E-state index contributed by atoms with van der Waals surface area (Å²) < 4.78 is 0. The van der Waals surface area contributed by atoms with E-state index in [1.54, 1.807) is 6.07 Å². The number of aryl methyl sites for hydroxylation is 3. The Kier molecular flexibility index (Phi) is 4.13. The molecule has 2 aromatic carbocycles. The number of amides is 2. The number of carbonyl (C=O) groups excluding carboxylic acids is 2. The maximum atomic E-state index is 12.7. The van der Waals surface area contributed by atoms with Crippen molar-refractivity contribution in [3.05, 3.63) is 59.2 Å². The smallest absolute Gasteiger partial charge is 0.295 e. The molecule has 0 bridgehead atoms. The summed E-state index contributed by atoms with van der Waals surface area (Å²) in [5.74, 6) is -0.227. The van der Waals surface area contributed by atoms with Crippen LogP contribution >= 0.6 is 11.8 Å². The minimum Gasteiger partial charge on any atom is -0.365 e. The Labute approximate surface area is 139 Å². The first-order valence-electron chi connectivity index (χ1n) is 7.41.